The SMILES string of the molecule is Cc1ccc2c(N3CCN(C(=O)[C@@H](O)CC4CN=CN4)CC3)nc(-c3ccccc3O)nc2c1. The molecule has 34 heavy (non-hydrogen) atoms. The lowest BCUT2D eigenvalue weighted by atomic mass is 10.1. The Bertz CT molecular complexity index is 1230. The van der Waals surface area contributed by atoms with E-state index in [0.717, 1.165) is 22.3 Å². The van der Waals surface area contributed by atoms with Gasteiger partial charge in [0.25, 0.3) is 5.91 Å². The molecule has 0 saturated carbocycles. The van der Waals surface area contributed by atoms with Crippen molar-refractivity contribution in [1.82, 2.24) is 20.2 Å². The largest absolute Gasteiger partial charge is 0.507 e. The Morgan fingerprint density at radius 2 is 1.94 bits per heavy atom. The number of aryl methyl sites for hydroxylation is 1. The fraction of sp³-hybridized carbons (Fsp3) is 0.360. The standard InChI is InChI=1S/C25H28N6O3/c1-16-6-7-18-20(12-16)28-23(19-4-2-3-5-21(19)32)29-24(18)30-8-10-31(11-9-30)25(34)22(33)13-17-14-26-15-27-17/h2-7,12,15,17,22,32-33H,8-11,13-14H2,1H3,(H,26,27)/t17?,22-/m0/s1. The Hall–Kier alpha value is -3.72. The molecule has 2 aliphatic heterocycles. The normalized spacial score (nSPS) is 18.8. The van der Waals surface area contributed by atoms with Gasteiger partial charge in [-0.1, -0.05) is 18.2 Å². The molecule has 1 aromatic heterocycles. The number of aliphatic hydroxyl groups excluding tert-OH is 1. The van der Waals surface area contributed by atoms with E-state index in [4.69, 9.17) is 9.97 Å². The molecule has 3 heterocycles. The van der Waals surface area contributed by atoms with Gasteiger partial charge in [0.1, 0.15) is 17.7 Å². The highest BCUT2D eigenvalue weighted by atomic mass is 16.3. The summed E-state index contributed by atoms with van der Waals surface area (Å²) in [6.07, 6.45) is 0.928. The lowest BCUT2D eigenvalue weighted by Crippen LogP contribution is -2.52. The maximum absolute atomic E-state index is 12.8. The van der Waals surface area contributed by atoms with Crippen molar-refractivity contribution < 1.29 is 15.0 Å². The first kappa shape index (κ1) is 22.1. The van der Waals surface area contributed by atoms with Gasteiger partial charge in [0.05, 0.1) is 24.0 Å². The molecular weight excluding hydrogens is 432 g/mol. The van der Waals surface area contributed by atoms with E-state index in [0.29, 0.717) is 50.5 Å². The van der Waals surface area contributed by atoms with Crippen molar-refractivity contribution >= 4 is 29.0 Å². The van der Waals surface area contributed by atoms with Gasteiger partial charge in [-0.3, -0.25) is 9.79 Å². The quantitative estimate of drug-likeness (QED) is 0.531. The first-order chi connectivity index (χ1) is 16.5. The molecule has 9 heteroatoms. The Labute approximate surface area is 197 Å². The number of aliphatic hydroxyl groups is 1. The third kappa shape index (κ3) is 4.38. The van der Waals surface area contributed by atoms with Crippen LogP contribution in [0.2, 0.25) is 0 Å². The number of aliphatic imine (C=N–C) groups is 1. The first-order valence-electron chi connectivity index (χ1n) is 11.5. The molecule has 1 amide bonds. The molecule has 1 saturated heterocycles. The van der Waals surface area contributed by atoms with Crippen molar-refractivity contribution in [1.29, 1.82) is 0 Å². The number of hydrogen-bond acceptors (Lipinski definition) is 8. The molecule has 0 bridgehead atoms. The van der Waals surface area contributed by atoms with Gasteiger partial charge in [-0.2, -0.15) is 0 Å². The summed E-state index contributed by atoms with van der Waals surface area (Å²) >= 11 is 0. The number of aromatic nitrogens is 2. The van der Waals surface area contributed by atoms with E-state index >= 15 is 0 Å². The lowest BCUT2D eigenvalue weighted by Gasteiger charge is -2.37. The van der Waals surface area contributed by atoms with Gasteiger partial charge in [0.15, 0.2) is 5.82 Å². The predicted molar refractivity (Wildman–Crippen MR) is 131 cm³/mol. The summed E-state index contributed by atoms with van der Waals surface area (Å²) in [5.74, 6) is 1.13. The topological polar surface area (TPSA) is 114 Å². The molecule has 2 atom stereocenters. The summed E-state index contributed by atoms with van der Waals surface area (Å²) in [4.78, 5) is 30.3. The molecule has 0 aliphatic carbocycles. The van der Waals surface area contributed by atoms with Crippen LogP contribution in [0.4, 0.5) is 5.82 Å². The second-order valence-corrected chi connectivity index (χ2v) is 8.83. The number of carbonyl (C=O) groups is 1. The van der Waals surface area contributed by atoms with Crippen LogP contribution in [0.25, 0.3) is 22.3 Å². The maximum atomic E-state index is 12.8. The summed E-state index contributed by atoms with van der Waals surface area (Å²) in [6, 6.07) is 13.1. The number of fused-ring (bicyclic) bond motifs is 1. The number of rotatable bonds is 5. The number of phenolic OH excluding ortho intramolecular Hbond substituents is 1. The lowest BCUT2D eigenvalue weighted by molar-refractivity contribution is -0.141. The molecule has 9 nitrogen and oxygen atoms in total. The zero-order valence-electron chi connectivity index (χ0n) is 19.1. The molecule has 3 N–H and O–H groups in total. The van der Waals surface area contributed by atoms with E-state index in [1.807, 2.05) is 31.2 Å². The van der Waals surface area contributed by atoms with Crippen LogP contribution in [0.1, 0.15) is 12.0 Å². The summed E-state index contributed by atoms with van der Waals surface area (Å²) in [7, 11) is 0. The molecule has 1 unspecified atom stereocenters. The highest BCUT2D eigenvalue weighted by Gasteiger charge is 2.29. The van der Waals surface area contributed by atoms with Crippen LogP contribution >= 0.6 is 0 Å². The minimum atomic E-state index is -1.04. The molecular formula is C25H28N6O3. The highest BCUT2D eigenvalue weighted by molar-refractivity contribution is 5.92. The van der Waals surface area contributed by atoms with Crippen molar-refractivity contribution in [3.8, 4) is 17.1 Å². The van der Waals surface area contributed by atoms with Gasteiger partial charge in [-0.05, 0) is 36.8 Å². The third-order valence-electron chi connectivity index (χ3n) is 6.39. The molecule has 1 fully saturated rings. The minimum absolute atomic E-state index is 0.00361. The van der Waals surface area contributed by atoms with Crippen LogP contribution in [0.3, 0.4) is 0 Å². The van der Waals surface area contributed by atoms with Crippen molar-refractivity contribution in [2.24, 2.45) is 4.99 Å². The van der Waals surface area contributed by atoms with Gasteiger partial charge in [0.2, 0.25) is 0 Å². The number of piperazine rings is 1. The number of nitrogens with one attached hydrogen (secondary N) is 1. The summed E-state index contributed by atoms with van der Waals surface area (Å²) in [5, 5.41) is 24.8. The van der Waals surface area contributed by atoms with Crippen LogP contribution in [0.5, 0.6) is 5.75 Å². The van der Waals surface area contributed by atoms with Gasteiger partial charge in [-0.15, -0.1) is 0 Å². The number of nitrogens with zero attached hydrogens (tertiary/aromatic N) is 5. The number of carbonyl (C=O) groups excluding carboxylic acids is 1. The molecule has 5 rings (SSSR count). The zero-order chi connectivity index (χ0) is 23.7. The van der Waals surface area contributed by atoms with E-state index in [9.17, 15) is 15.0 Å². The van der Waals surface area contributed by atoms with Crippen LogP contribution < -0.4 is 10.2 Å². The number of benzene rings is 2. The Balaban J connectivity index is 1.37. The number of hydrogen-bond donors (Lipinski definition) is 3. The van der Waals surface area contributed by atoms with Crippen molar-refractivity contribution in [2.75, 3.05) is 37.6 Å². The van der Waals surface area contributed by atoms with E-state index in [1.165, 1.54) is 0 Å². The number of para-hydroxylation sites is 1. The zero-order valence-corrected chi connectivity index (χ0v) is 19.1. The van der Waals surface area contributed by atoms with Gasteiger partial charge in [-0.25, -0.2) is 9.97 Å². The number of phenols is 1. The summed E-state index contributed by atoms with van der Waals surface area (Å²) in [6.45, 7) is 4.76. The third-order valence-corrected chi connectivity index (χ3v) is 6.39. The van der Waals surface area contributed by atoms with E-state index < -0.39 is 6.10 Å². The van der Waals surface area contributed by atoms with Crippen LogP contribution in [-0.4, -0.2) is 82.2 Å². The van der Waals surface area contributed by atoms with E-state index in [-0.39, 0.29) is 17.7 Å². The second kappa shape index (κ2) is 9.26. The Kier molecular flexibility index (Phi) is 6.02. The molecule has 0 radical (unpaired) electrons. The highest BCUT2D eigenvalue weighted by Crippen LogP contribution is 2.32. The Morgan fingerprint density at radius 1 is 1.15 bits per heavy atom. The van der Waals surface area contributed by atoms with Crippen molar-refractivity contribution in [3.63, 3.8) is 0 Å². The van der Waals surface area contributed by atoms with Crippen LogP contribution in [0.15, 0.2) is 47.5 Å². The van der Waals surface area contributed by atoms with Crippen LogP contribution in [0, 0.1) is 6.92 Å². The smallest absolute Gasteiger partial charge is 0.251 e. The fourth-order valence-electron chi connectivity index (χ4n) is 4.50. The number of amides is 1. The Morgan fingerprint density at radius 3 is 2.68 bits per heavy atom. The fourth-order valence-corrected chi connectivity index (χ4v) is 4.50. The number of anilines is 1. The molecule has 0 spiro atoms. The summed E-state index contributed by atoms with van der Waals surface area (Å²) in [5.41, 5.74) is 2.48. The number of aromatic hydroxyl groups is 1. The van der Waals surface area contributed by atoms with Crippen LogP contribution in [-0.2, 0) is 4.79 Å². The van der Waals surface area contributed by atoms with E-state index in [1.54, 1.807) is 29.4 Å². The average Bonchev–Trinajstić information content (AvgIpc) is 3.36. The minimum Gasteiger partial charge on any atom is -0.507 e. The monoisotopic (exact) mass is 460 g/mol. The maximum Gasteiger partial charge on any atom is 0.251 e. The van der Waals surface area contributed by atoms with Crippen molar-refractivity contribution in [2.45, 2.75) is 25.5 Å². The van der Waals surface area contributed by atoms with Gasteiger partial charge in [0, 0.05) is 44.0 Å². The molecule has 176 valence electrons. The van der Waals surface area contributed by atoms with Gasteiger partial charge < -0.3 is 25.3 Å². The predicted octanol–water partition coefficient (Wildman–Crippen LogP) is 1.71. The van der Waals surface area contributed by atoms with Crippen molar-refractivity contribution in [3.05, 3.63) is 48.0 Å². The van der Waals surface area contributed by atoms with E-state index in [2.05, 4.69) is 15.2 Å². The average molecular weight is 461 g/mol. The first-order valence-corrected chi connectivity index (χ1v) is 11.5. The molecule has 2 aromatic carbocycles. The van der Waals surface area contributed by atoms with Gasteiger partial charge >= 0.3 is 0 Å². The second-order valence-electron chi connectivity index (χ2n) is 8.83. The molecule has 3 aromatic rings. The summed E-state index contributed by atoms with van der Waals surface area (Å²) < 4.78 is 0. The molecule has 2 aliphatic rings.